The van der Waals surface area contributed by atoms with Crippen LogP contribution in [0.5, 0.6) is 0 Å². The molecule has 0 saturated heterocycles. The van der Waals surface area contributed by atoms with E-state index >= 15 is 0 Å². The quantitative estimate of drug-likeness (QED) is 0.720. The zero-order valence-electron chi connectivity index (χ0n) is 11.1. The summed E-state index contributed by atoms with van der Waals surface area (Å²) >= 11 is 0. The van der Waals surface area contributed by atoms with Crippen LogP contribution in [0.1, 0.15) is 44.3 Å². The van der Waals surface area contributed by atoms with E-state index in [2.05, 4.69) is 22.4 Å². The van der Waals surface area contributed by atoms with Gasteiger partial charge in [0.2, 0.25) is 11.8 Å². The third kappa shape index (κ3) is 5.27. The molecule has 1 aromatic heterocycles. The van der Waals surface area contributed by atoms with Gasteiger partial charge in [-0.15, -0.1) is 0 Å². The highest BCUT2D eigenvalue weighted by atomic mass is 16.5. The largest absolute Gasteiger partial charge is 0.352 e. The van der Waals surface area contributed by atoms with Crippen LogP contribution in [0.3, 0.4) is 0 Å². The van der Waals surface area contributed by atoms with Crippen molar-refractivity contribution in [2.24, 2.45) is 5.73 Å². The molecule has 0 bridgehead atoms. The second kappa shape index (κ2) is 7.81. The zero-order chi connectivity index (χ0) is 13.4. The molecule has 0 saturated carbocycles. The molecule has 6 nitrogen and oxygen atoms in total. The number of carbonyl (C=O) groups excluding carboxylic acids is 1. The van der Waals surface area contributed by atoms with E-state index < -0.39 is 0 Å². The first-order valence-corrected chi connectivity index (χ1v) is 6.44. The van der Waals surface area contributed by atoms with Gasteiger partial charge in [0.1, 0.15) is 0 Å². The number of unbranched alkanes of at least 4 members (excludes halogenated alkanes) is 1. The summed E-state index contributed by atoms with van der Waals surface area (Å²) < 4.78 is 4.95. The maximum absolute atomic E-state index is 11.7. The third-order valence-corrected chi connectivity index (χ3v) is 2.69. The van der Waals surface area contributed by atoms with Crippen LogP contribution >= 0.6 is 0 Å². The average molecular weight is 254 g/mol. The van der Waals surface area contributed by atoms with Crippen LogP contribution < -0.4 is 11.1 Å². The summed E-state index contributed by atoms with van der Waals surface area (Å²) in [7, 11) is 0. The second-order valence-electron chi connectivity index (χ2n) is 4.38. The van der Waals surface area contributed by atoms with E-state index in [9.17, 15) is 4.79 Å². The molecule has 3 N–H and O–H groups in total. The van der Waals surface area contributed by atoms with Crippen LogP contribution in [-0.2, 0) is 11.2 Å². The van der Waals surface area contributed by atoms with Crippen molar-refractivity contribution in [1.82, 2.24) is 15.5 Å². The van der Waals surface area contributed by atoms with Crippen molar-refractivity contribution in [2.75, 3.05) is 6.54 Å². The Morgan fingerprint density at radius 3 is 2.89 bits per heavy atom. The number of hydrogen-bond acceptors (Lipinski definition) is 5. The lowest BCUT2D eigenvalue weighted by molar-refractivity contribution is -0.121. The molecule has 0 aromatic carbocycles. The number of aromatic nitrogens is 2. The Bertz CT molecular complexity index is 365. The van der Waals surface area contributed by atoms with Gasteiger partial charge in [0.25, 0.3) is 0 Å². The van der Waals surface area contributed by atoms with Crippen LogP contribution in [0.2, 0.25) is 0 Å². The lowest BCUT2D eigenvalue weighted by Gasteiger charge is -2.15. The summed E-state index contributed by atoms with van der Waals surface area (Å²) in [6.45, 7) is 4.35. The molecule has 0 radical (unpaired) electrons. The fraction of sp³-hybridized carbons (Fsp3) is 0.750. The van der Waals surface area contributed by atoms with E-state index in [0.717, 1.165) is 19.3 Å². The Labute approximate surface area is 107 Å². The minimum Gasteiger partial charge on any atom is -0.352 e. The Morgan fingerprint density at radius 2 is 2.33 bits per heavy atom. The summed E-state index contributed by atoms with van der Waals surface area (Å²) in [5.41, 5.74) is 5.62. The number of hydrogen-bond donors (Lipinski definition) is 2. The van der Waals surface area contributed by atoms with Crippen molar-refractivity contribution in [2.45, 2.75) is 52.0 Å². The highest BCUT2D eigenvalue weighted by Crippen LogP contribution is 2.02. The van der Waals surface area contributed by atoms with E-state index in [1.54, 1.807) is 6.92 Å². The van der Waals surface area contributed by atoms with Gasteiger partial charge in [-0.25, -0.2) is 0 Å². The van der Waals surface area contributed by atoms with Crippen LogP contribution in [0.25, 0.3) is 0 Å². The number of nitrogens with two attached hydrogens (primary N) is 1. The van der Waals surface area contributed by atoms with Crippen molar-refractivity contribution < 1.29 is 9.32 Å². The highest BCUT2D eigenvalue weighted by Gasteiger charge is 2.11. The molecule has 0 spiro atoms. The number of nitrogens with one attached hydrogen (secondary N) is 1. The second-order valence-corrected chi connectivity index (χ2v) is 4.38. The van der Waals surface area contributed by atoms with Gasteiger partial charge < -0.3 is 15.6 Å². The predicted octanol–water partition coefficient (Wildman–Crippen LogP) is 0.944. The maximum Gasteiger partial charge on any atom is 0.227 e. The summed E-state index contributed by atoms with van der Waals surface area (Å²) in [4.78, 5) is 15.7. The minimum absolute atomic E-state index is 0.0163. The average Bonchev–Trinajstić information content (AvgIpc) is 2.78. The normalized spacial score (nSPS) is 12.4. The molecule has 1 heterocycles. The first kappa shape index (κ1) is 14.6. The van der Waals surface area contributed by atoms with Crippen LogP contribution in [-0.4, -0.2) is 28.6 Å². The van der Waals surface area contributed by atoms with Crippen molar-refractivity contribution in [1.29, 1.82) is 0 Å². The highest BCUT2D eigenvalue weighted by molar-refractivity contribution is 5.76. The Hall–Kier alpha value is -1.43. The predicted molar refractivity (Wildman–Crippen MR) is 67.9 cm³/mol. The van der Waals surface area contributed by atoms with E-state index in [1.807, 2.05) is 0 Å². The van der Waals surface area contributed by atoms with Gasteiger partial charge in [0.05, 0.1) is 0 Å². The molecule has 1 rings (SSSR count). The van der Waals surface area contributed by atoms with Gasteiger partial charge in [-0.3, -0.25) is 4.79 Å². The van der Waals surface area contributed by atoms with Gasteiger partial charge in [0.15, 0.2) is 5.82 Å². The van der Waals surface area contributed by atoms with E-state index in [4.69, 9.17) is 10.3 Å². The van der Waals surface area contributed by atoms with Crippen LogP contribution in [0, 0.1) is 6.92 Å². The first-order valence-electron chi connectivity index (χ1n) is 6.44. The van der Waals surface area contributed by atoms with Gasteiger partial charge in [-0.2, -0.15) is 4.98 Å². The number of amides is 1. The lowest BCUT2D eigenvalue weighted by atomic mass is 10.1. The zero-order valence-corrected chi connectivity index (χ0v) is 11.1. The molecule has 18 heavy (non-hydrogen) atoms. The van der Waals surface area contributed by atoms with Gasteiger partial charge in [0, 0.05) is 25.4 Å². The SMILES string of the molecule is CCCCC(CN)NC(=O)CCc1nc(C)no1. The molecule has 1 unspecified atom stereocenters. The molecule has 0 aliphatic carbocycles. The van der Waals surface area contributed by atoms with Crippen molar-refractivity contribution in [3.05, 3.63) is 11.7 Å². The molecule has 1 atom stereocenters. The van der Waals surface area contributed by atoms with Crippen LogP contribution in [0.4, 0.5) is 0 Å². The number of rotatable bonds is 8. The fourth-order valence-electron chi connectivity index (χ4n) is 1.66. The van der Waals surface area contributed by atoms with E-state index in [0.29, 0.717) is 31.1 Å². The minimum atomic E-state index is -0.0163. The molecule has 0 aliphatic heterocycles. The lowest BCUT2D eigenvalue weighted by Crippen LogP contribution is -2.40. The molecule has 102 valence electrons. The van der Waals surface area contributed by atoms with Crippen molar-refractivity contribution >= 4 is 5.91 Å². The third-order valence-electron chi connectivity index (χ3n) is 2.69. The standard InChI is InChI=1S/C12H22N4O2/c1-3-4-5-10(8-13)15-11(17)6-7-12-14-9(2)16-18-12/h10H,3-8,13H2,1-2H3,(H,15,17). The summed E-state index contributed by atoms with van der Waals surface area (Å²) in [5.74, 6) is 1.08. The van der Waals surface area contributed by atoms with Gasteiger partial charge in [-0.1, -0.05) is 24.9 Å². The molecule has 1 aromatic rings. The Balaban J connectivity index is 2.27. The fourth-order valence-corrected chi connectivity index (χ4v) is 1.66. The monoisotopic (exact) mass is 254 g/mol. The summed E-state index contributed by atoms with van der Waals surface area (Å²) in [5, 5.41) is 6.60. The molecular weight excluding hydrogens is 232 g/mol. The molecule has 0 aliphatic rings. The van der Waals surface area contributed by atoms with E-state index in [-0.39, 0.29) is 11.9 Å². The first-order chi connectivity index (χ1) is 8.65. The summed E-state index contributed by atoms with van der Waals surface area (Å²) in [6.07, 6.45) is 3.93. The Morgan fingerprint density at radius 1 is 1.56 bits per heavy atom. The molecule has 0 fully saturated rings. The number of carbonyl (C=O) groups is 1. The Kier molecular flexibility index (Phi) is 6.35. The van der Waals surface area contributed by atoms with Crippen LogP contribution in [0.15, 0.2) is 4.52 Å². The van der Waals surface area contributed by atoms with Gasteiger partial charge >= 0.3 is 0 Å². The molecule has 1 amide bonds. The summed E-state index contributed by atoms with van der Waals surface area (Å²) in [6, 6.07) is 0.0712. The molecule has 6 heteroatoms. The topological polar surface area (TPSA) is 94.0 Å². The number of aryl methyl sites for hydroxylation is 2. The smallest absolute Gasteiger partial charge is 0.227 e. The van der Waals surface area contributed by atoms with Crippen molar-refractivity contribution in [3.8, 4) is 0 Å². The van der Waals surface area contributed by atoms with E-state index in [1.165, 1.54) is 0 Å². The number of nitrogens with zero attached hydrogens (tertiary/aromatic N) is 2. The van der Waals surface area contributed by atoms with Crippen molar-refractivity contribution in [3.63, 3.8) is 0 Å². The maximum atomic E-state index is 11.7. The van der Waals surface area contributed by atoms with Gasteiger partial charge in [-0.05, 0) is 13.3 Å². The molecular formula is C12H22N4O2.